The summed E-state index contributed by atoms with van der Waals surface area (Å²) < 4.78 is 20.0. The van der Waals surface area contributed by atoms with Crippen molar-refractivity contribution in [2.24, 2.45) is 0 Å². The molecule has 0 saturated heterocycles. The summed E-state index contributed by atoms with van der Waals surface area (Å²) in [6.07, 6.45) is 5.73. The Hall–Kier alpha value is -2.42. The Morgan fingerprint density at radius 1 is 1.04 bits per heavy atom. The zero-order chi connectivity index (χ0) is 15.8. The number of furan rings is 1. The summed E-state index contributed by atoms with van der Waals surface area (Å²) >= 11 is 0. The number of hydrogen-bond donors (Lipinski definition) is 0. The second-order valence-electron chi connectivity index (χ2n) is 6.25. The van der Waals surface area contributed by atoms with E-state index in [-0.39, 0.29) is 0 Å². The Morgan fingerprint density at radius 3 is 2.61 bits per heavy atom. The van der Waals surface area contributed by atoms with E-state index in [0.29, 0.717) is 29.1 Å². The number of hydrogen-bond acceptors (Lipinski definition) is 2. The van der Waals surface area contributed by atoms with Crippen molar-refractivity contribution >= 4 is 17.3 Å². The van der Waals surface area contributed by atoms with Gasteiger partial charge >= 0.3 is 0 Å². The van der Waals surface area contributed by atoms with E-state index in [1.807, 2.05) is 12.1 Å². The third-order valence-corrected chi connectivity index (χ3v) is 4.76. The third-order valence-electron chi connectivity index (χ3n) is 4.76. The number of carbonyl (C=O) groups excluding carboxylic acids is 1. The van der Waals surface area contributed by atoms with Gasteiger partial charge in [-0.15, -0.1) is 0 Å². The number of carbonyl (C=O) groups is 1. The second-order valence-corrected chi connectivity index (χ2v) is 6.25. The lowest BCUT2D eigenvalue weighted by Crippen LogP contribution is -1.90. The van der Waals surface area contributed by atoms with Crippen LogP contribution in [-0.2, 0) is 0 Å². The number of benzene rings is 2. The molecule has 0 spiro atoms. The van der Waals surface area contributed by atoms with Gasteiger partial charge in [-0.3, -0.25) is 4.79 Å². The molecule has 2 aromatic carbocycles. The normalized spacial score (nSPS) is 15.3. The summed E-state index contributed by atoms with van der Waals surface area (Å²) in [4.78, 5) is 10.7. The lowest BCUT2D eigenvalue weighted by Gasteiger charge is -2.08. The predicted molar refractivity (Wildman–Crippen MR) is 88.2 cm³/mol. The fourth-order valence-electron chi connectivity index (χ4n) is 3.51. The number of fused-ring (bicyclic) bond motifs is 1. The van der Waals surface area contributed by atoms with Crippen LogP contribution >= 0.6 is 0 Å². The third kappa shape index (κ3) is 2.56. The number of rotatable bonds is 3. The van der Waals surface area contributed by atoms with Crippen LogP contribution in [0.4, 0.5) is 4.39 Å². The molecule has 0 aliphatic heterocycles. The van der Waals surface area contributed by atoms with Gasteiger partial charge in [0.1, 0.15) is 23.4 Å². The van der Waals surface area contributed by atoms with Gasteiger partial charge in [0.05, 0.1) is 5.56 Å². The van der Waals surface area contributed by atoms with Crippen molar-refractivity contribution in [3.63, 3.8) is 0 Å². The average molecular weight is 308 g/mol. The maximum absolute atomic E-state index is 14.2. The van der Waals surface area contributed by atoms with Crippen LogP contribution in [0, 0.1) is 5.82 Å². The molecular weight excluding hydrogens is 291 g/mol. The topological polar surface area (TPSA) is 30.2 Å². The molecule has 0 atom stereocenters. The van der Waals surface area contributed by atoms with Crippen LogP contribution in [0.1, 0.15) is 47.5 Å². The molecular formula is C20H17FO2. The van der Waals surface area contributed by atoms with E-state index in [0.717, 1.165) is 11.0 Å². The van der Waals surface area contributed by atoms with Gasteiger partial charge in [0.25, 0.3) is 0 Å². The summed E-state index contributed by atoms with van der Waals surface area (Å²) in [6, 6.07) is 12.6. The highest BCUT2D eigenvalue weighted by Gasteiger charge is 2.18. The van der Waals surface area contributed by atoms with Crippen molar-refractivity contribution in [3.8, 4) is 11.3 Å². The van der Waals surface area contributed by atoms with Crippen LogP contribution in [0.25, 0.3) is 22.3 Å². The molecule has 116 valence electrons. The van der Waals surface area contributed by atoms with E-state index in [1.54, 1.807) is 12.1 Å². The van der Waals surface area contributed by atoms with E-state index in [1.165, 1.54) is 37.3 Å². The molecule has 0 amide bonds. The van der Waals surface area contributed by atoms with E-state index >= 15 is 0 Å². The second kappa shape index (κ2) is 5.65. The van der Waals surface area contributed by atoms with Crippen LogP contribution in [0.3, 0.4) is 0 Å². The van der Waals surface area contributed by atoms with E-state index in [2.05, 4.69) is 12.1 Å². The molecule has 0 radical (unpaired) electrons. The van der Waals surface area contributed by atoms with Gasteiger partial charge in [-0.1, -0.05) is 25.0 Å². The summed E-state index contributed by atoms with van der Waals surface area (Å²) in [5.41, 5.74) is 2.82. The molecule has 1 fully saturated rings. The van der Waals surface area contributed by atoms with Gasteiger partial charge in [0.2, 0.25) is 0 Å². The molecule has 4 rings (SSSR count). The quantitative estimate of drug-likeness (QED) is 0.580. The lowest BCUT2D eigenvalue weighted by atomic mass is 9.96. The lowest BCUT2D eigenvalue weighted by molar-refractivity contribution is 0.112. The Kier molecular flexibility index (Phi) is 3.49. The Bertz CT molecular complexity index is 872. The SMILES string of the molecule is O=Cc1ccc(-c2cc3cc(C4CCCC4)ccc3o2)c(F)c1. The monoisotopic (exact) mass is 308 g/mol. The van der Waals surface area contributed by atoms with Crippen molar-refractivity contribution in [1.29, 1.82) is 0 Å². The zero-order valence-electron chi connectivity index (χ0n) is 12.7. The average Bonchev–Trinajstić information content (AvgIpc) is 3.23. The maximum Gasteiger partial charge on any atom is 0.150 e. The van der Waals surface area contributed by atoms with Gasteiger partial charge < -0.3 is 4.42 Å². The minimum atomic E-state index is -0.440. The number of halogens is 1. The van der Waals surface area contributed by atoms with Gasteiger partial charge in [0, 0.05) is 10.9 Å². The van der Waals surface area contributed by atoms with Crippen molar-refractivity contribution in [2.75, 3.05) is 0 Å². The van der Waals surface area contributed by atoms with Crippen molar-refractivity contribution in [3.05, 3.63) is 59.4 Å². The van der Waals surface area contributed by atoms with E-state index < -0.39 is 5.82 Å². The summed E-state index contributed by atoms with van der Waals surface area (Å²) in [5, 5.41) is 1.00. The molecule has 1 aliphatic rings. The predicted octanol–water partition coefficient (Wildman–Crippen LogP) is 5.71. The molecule has 3 heteroatoms. The van der Waals surface area contributed by atoms with E-state index in [4.69, 9.17) is 4.42 Å². The van der Waals surface area contributed by atoms with Crippen molar-refractivity contribution in [2.45, 2.75) is 31.6 Å². The van der Waals surface area contributed by atoms with Crippen LogP contribution in [-0.4, -0.2) is 6.29 Å². The molecule has 0 bridgehead atoms. The molecule has 0 unspecified atom stereocenters. The highest BCUT2D eigenvalue weighted by atomic mass is 19.1. The van der Waals surface area contributed by atoms with Crippen LogP contribution in [0.2, 0.25) is 0 Å². The van der Waals surface area contributed by atoms with Gasteiger partial charge in [-0.25, -0.2) is 4.39 Å². The zero-order valence-corrected chi connectivity index (χ0v) is 12.7. The first-order valence-electron chi connectivity index (χ1n) is 8.03. The number of aldehydes is 1. The fraction of sp³-hybridized carbons (Fsp3) is 0.250. The smallest absolute Gasteiger partial charge is 0.150 e. The molecule has 0 N–H and O–H groups in total. The van der Waals surface area contributed by atoms with Crippen LogP contribution in [0.5, 0.6) is 0 Å². The van der Waals surface area contributed by atoms with Crippen molar-refractivity contribution in [1.82, 2.24) is 0 Å². The molecule has 3 aromatic rings. The summed E-state index contributed by atoms with van der Waals surface area (Å²) in [7, 11) is 0. The van der Waals surface area contributed by atoms with Gasteiger partial charge in [-0.2, -0.15) is 0 Å². The van der Waals surface area contributed by atoms with Gasteiger partial charge in [-0.05, 0) is 54.7 Å². The van der Waals surface area contributed by atoms with Crippen LogP contribution in [0.15, 0.2) is 46.9 Å². The molecule has 1 heterocycles. The summed E-state index contributed by atoms with van der Waals surface area (Å²) in [5.74, 6) is 0.699. The minimum Gasteiger partial charge on any atom is -0.456 e. The largest absolute Gasteiger partial charge is 0.456 e. The van der Waals surface area contributed by atoms with Gasteiger partial charge in [0.15, 0.2) is 0 Å². The molecule has 2 nitrogen and oxygen atoms in total. The Labute approximate surface area is 133 Å². The standard InChI is InChI=1S/C20H17FO2/c21-18-9-13(12-22)5-7-17(18)20-11-16-10-15(6-8-19(16)23-20)14-3-1-2-4-14/h5-12,14H,1-4H2. The first-order valence-corrected chi connectivity index (χ1v) is 8.03. The molecule has 23 heavy (non-hydrogen) atoms. The molecule has 1 saturated carbocycles. The van der Waals surface area contributed by atoms with Crippen molar-refractivity contribution < 1.29 is 13.6 Å². The first kappa shape index (κ1) is 14.2. The molecule has 1 aromatic heterocycles. The highest BCUT2D eigenvalue weighted by Crippen LogP contribution is 2.37. The Morgan fingerprint density at radius 2 is 1.87 bits per heavy atom. The Balaban J connectivity index is 1.75. The molecule has 1 aliphatic carbocycles. The maximum atomic E-state index is 14.2. The fourth-order valence-corrected chi connectivity index (χ4v) is 3.51. The van der Waals surface area contributed by atoms with Crippen LogP contribution < -0.4 is 0 Å². The minimum absolute atomic E-state index is 0.325. The first-order chi connectivity index (χ1) is 11.2. The summed E-state index contributed by atoms with van der Waals surface area (Å²) in [6.45, 7) is 0. The highest BCUT2D eigenvalue weighted by molar-refractivity contribution is 5.84. The van der Waals surface area contributed by atoms with E-state index in [9.17, 15) is 9.18 Å².